The number of anilines is 1. The Kier molecular flexibility index (Phi) is 4.28. The minimum absolute atomic E-state index is 0.0166. The number of alkyl halides is 3. The largest absolute Gasteiger partial charge is 0.453 e. The first-order chi connectivity index (χ1) is 14.8. The van der Waals surface area contributed by atoms with Crippen molar-refractivity contribution >= 4 is 11.7 Å². The number of carbonyl (C=O) groups excluding carboxylic acids is 1. The number of carbonyl (C=O) groups is 1. The highest BCUT2D eigenvalue weighted by Gasteiger charge is 2.43. The molecule has 31 heavy (non-hydrogen) atoms. The fraction of sp³-hybridized carbons (Fsp3) is 0.333. The lowest BCUT2D eigenvalue weighted by Gasteiger charge is -2.32. The van der Waals surface area contributed by atoms with Crippen LogP contribution in [-0.4, -0.2) is 30.3 Å². The Morgan fingerprint density at radius 3 is 2.55 bits per heavy atom. The minimum Gasteiger partial charge on any atom is -0.328 e. The number of hydrogen-bond acceptors (Lipinski definition) is 5. The van der Waals surface area contributed by atoms with Crippen LogP contribution in [0.2, 0.25) is 0 Å². The fourth-order valence-electron chi connectivity index (χ4n) is 4.41. The summed E-state index contributed by atoms with van der Waals surface area (Å²) in [6.07, 6.45) is -3.15. The second-order valence-corrected chi connectivity index (χ2v) is 7.73. The number of nitrogens with zero attached hydrogens (tertiary/aromatic N) is 5. The second kappa shape index (κ2) is 6.79. The summed E-state index contributed by atoms with van der Waals surface area (Å²) in [7, 11) is 0. The van der Waals surface area contributed by atoms with Gasteiger partial charge in [-0.3, -0.25) is 4.79 Å². The Balaban J connectivity index is 1.74. The lowest BCUT2D eigenvalue weighted by atomic mass is 9.85. The molecule has 3 aromatic rings. The van der Waals surface area contributed by atoms with Gasteiger partial charge in [-0.15, -0.1) is 5.10 Å². The third-order valence-electron chi connectivity index (χ3n) is 5.74. The average Bonchev–Trinajstić information content (AvgIpc) is 3.28. The van der Waals surface area contributed by atoms with Gasteiger partial charge in [0.2, 0.25) is 5.95 Å². The third kappa shape index (κ3) is 3.05. The van der Waals surface area contributed by atoms with Gasteiger partial charge in [0.05, 0.1) is 11.4 Å². The number of halogens is 3. The lowest BCUT2D eigenvalue weighted by molar-refractivity contribution is -0.145. The van der Waals surface area contributed by atoms with Crippen molar-refractivity contribution in [2.45, 2.75) is 45.3 Å². The molecule has 2 aromatic heterocycles. The molecule has 160 valence electrons. The van der Waals surface area contributed by atoms with Crippen LogP contribution < -0.4 is 5.32 Å². The SMILES string of the molecule is Cc1nn(-c2ccccc2)c(C)c1C1C2=C(CCCC2=O)Nc2nc(C(F)(F)F)nn21. The Bertz CT molecular complexity index is 1220. The Hall–Kier alpha value is -3.43. The van der Waals surface area contributed by atoms with Gasteiger partial charge in [0.15, 0.2) is 5.78 Å². The maximum atomic E-state index is 13.4. The molecule has 0 radical (unpaired) electrons. The molecule has 0 spiro atoms. The van der Waals surface area contributed by atoms with Gasteiger partial charge >= 0.3 is 6.18 Å². The molecule has 1 N–H and O–H groups in total. The van der Waals surface area contributed by atoms with E-state index in [0.29, 0.717) is 41.8 Å². The molecule has 0 saturated carbocycles. The Morgan fingerprint density at radius 1 is 1.10 bits per heavy atom. The quantitative estimate of drug-likeness (QED) is 0.664. The second-order valence-electron chi connectivity index (χ2n) is 7.73. The van der Waals surface area contributed by atoms with E-state index >= 15 is 0 Å². The standard InChI is InChI=1S/C21H19F3N6O/c1-11-16(12(2)29(27-11)13-7-4-3-5-8-13)18-17-14(9-6-10-15(17)31)25-20-26-19(21(22,23)24)28-30(18)20/h3-5,7-8,18H,6,9-10H2,1-2H3,(H,25,26,28). The predicted molar refractivity (Wildman–Crippen MR) is 106 cm³/mol. The molecule has 0 fully saturated rings. The van der Waals surface area contributed by atoms with Gasteiger partial charge in [-0.25, -0.2) is 9.36 Å². The van der Waals surface area contributed by atoms with Gasteiger partial charge in [-0.2, -0.15) is 23.3 Å². The summed E-state index contributed by atoms with van der Waals surface area (Å²) >= 11 is 0. The van der Waals surface area contributed by atoms with Crippen LogP contribution in [-0.2, 0) is 11.0 Å². The number of hydrogen-bond donors (Lipinski definition) is 1. The van der Waals surface area contributed by atoms with E-state index in [4.69, 9.17) is 0 Å². The van der Waals surface area contributed by atoms with Crippen molar-refractivity contribution in [3.05, 3.63) is 64.4 Å². The molecule has 1 aliphatic heterocycles. The predicted octanol–water partition coefficient (Wildman–Crippen LogP) is 4.12. The molecular weight excluding hydrogens is 409 g/mol. The number of ketones is 1. The summed E-state index contributed by atoms with van der Waals surface area (Å²) < 4.78 is 43.0. The zero-order valence-corrected chi connectivity index (χ0v) is 16.9. The van der Waals surface area contributed by atoms with Gasteiger partial charge in [-0.05, 0) is 38.8 Å². The van der Waals surface area contributed by atoms with Crippen LogP contribution in [0.4, 0.5) is 19.1 Å². The molecule has 0 bridgehead atoms. The van der Waals surface area contributed by atoms with Gasteiger partial charge < -0.3 is 5.32 Å². The monoisotopic (exact) mass is 428 g/mol. The molecule has 1 aromatic carbocycles. The van der Waals surface area contributed by atoms with E-state index in [0.717, 1.165) is 11.4 Å². The number of aromatic nitrogens is 5. The average molecular weight is 428 g/mol. The molecule has 1 unspecified atom stereocenters. The van der Waals surface area contributed by atoms with E-state index in [1.54, 1.807) is 11.6 Å². The molecule has 0 saturated heterocycles. The van der Waals surface area contributed by atoms with Crippen molar-refractivity contribution in [2.75, 3.05) is 5.32 Å². The summed E-state index contributed by atoms with van der Waals surface area (Å²) in [5.41, 5.74) is 3.89. The first-order valence-corrected chi connectivity index (χ1v) is 9.94. The van der Waals surface area contributed by atoms with Crippen LogP contribution in [0.1, 0.15) is 48.1 Å². The van der Waals surface area contributed by atoms with Gasteiger partial charge in [0.25, 0.3) is 5.82 Å². The first kappa shape index (κ1) is 19.5. The van der Waals surface area contributed by atoms with Gasteiger partial charge in [-0.1, -0.05) is 18.2 Å². The Labute approximate surface area is 175 Å². The van der Waals surface area contributed by atoms with E-state index < -0.39 is 18.0 Å². The molecule has 1 aliphatic carbocycles. The number of para-hydroxylation sites is 1. The zero-order chi connectivity index (χ0) is 21.9. The fourth-order valence-corrected chi connectivity index (χ4v) is 4.41. The van der Waals surface area contributed by atoms with Crippen molar-refractivity contribution in [1.82, 2.24) is 24.5 Å². The highest BCUT2D eigenvalue weighted by Crippen LogP contribution is 2.43. The molecule has 2 aliphatic rings. The molecule has 5 rings (SSSR count). The lowest BCUT2D eigenvalue weighted by Crippen LogP contribution is -2.32. The number of benzene rings is 1. The molecular formula is C21H19F3N6O. The highest BCUT2D eigenvalue weighted by atomic mass is 19.4. The number of fused-ring (bicyclic) bond motifs is 1. The maximum Gasteiger partial charge on any atom is 0.453 e. The topological polar surface area (TPSA) is 77.6 Å². The van der Waals surface area contributed by atoms with Crippen molar-refractivity contribution in [3.8, 4) is 5.69 Å². The maximum absolute atomic E-state index is 13.4. The van der Waals surface area contributed by atoms with Crippen molar-refractivity contribution in [3.63, 3.8) is 0 Å². The number of Topliss-reactive ketones (excluding diaryl/α,β-unsaturated/α-hetero) is 1. The summed E-state index contributed by atoms with van der Waals surface area (Å²) in [6, 6.07) is 8.62. The summed E-state index contributed by atoms with van der Waals surface area (Å²) in [6.45, 7) is 3.64. The number of nitrogens with one attached hydrogen (secondary N) is 1. The zero-order valence-electron chi connectivity index (χ0n) is 16.9. The number of aryl methyl sites for hydroxylation is 1. The van der Waals surface area contributed by atoms with E-state index in [1.165, 1.54) is 4.68 Å². The number of allylic oxidation sites excluding steroid dienone is 2. The van der Waals surface area contributed by atoms with E-state index in [1.807, 2.05) is 37.3 Å². The highest BCUT2D eigenvalue weighted by molar-refractivity contribution is 5.99. The van der Waals surface area contributed by atoms with Crippen LogP contribution in [0.3, 0.4) is 0 Å². The Morgan fingerprint density at radius 2 is 1.84 bits per heavy atom. The van der Waals surface area contributed by atoms with Crippen molar-refractivity contribution in [2.24, 2.45) is 0 Å². The first-order valence-electron chi connectivity index (χ1n) is 9.94. The van der Waals surface area contributed by atoms with Crippen molar-refractivity contribution < 1.29 is 18.0 Å². The summed E-state index contributed by atoms with van der Waals surface area (Å²) in [5, 5.41) is 11.3. The van der Waals surface area contributed by atoms with Crippen LogP contribution in [0.15, 0.2) is 41.6 Å². The summed E-state index contributed by atoms with van der Waals surface area (Å²) in [5.74, 6) is -1.35. The molecule has 3 heterocycles. The molecule has 0 amide bonds. The minimum atomic E-state index is -4.70. The van der Waals surface area contributed by atoms with Crippen LogP contribution in [0.25, 0.3) is 5.69 Å². The number of rotatable bonds is 2. The van der Waals surface area contributed by atoms with Crippen LogP contribution >= 0.6 is 0 Å². The third-order valence-corrected chi connectivity index (χ3v) is 5.74. The molecule has 7 nitrogen and oxygen atoms in total. The van der Waals surface area contributed by atoms with Crippen molar-refractivity contribution in [1.29, 1.82) is 0 Å². The van der Waals surface area contributed by atoms with Crippen LogP contribution in [0, 0.1) is 13.8 Å². The van der Waals surface area contributed by atoms with Gasteiger partial charge in [0, 0.05) is 28.9 Å². The van der Waals surface area contributed by atoms with E-state index in [9.17, 15) is 18.0 Å². The summed E-state index contributed by atoms with van der Waals surface area (Å²) in [4.78, 5) is 16.6. The van der Waals surface area contributed by atoms with E-state index in [2.05, 4.69) is 20.5 Å². The normalized spacial score (nSPS) is 18.6. The van der Waals surface area contributed by atoms with Gasteiger partial charge in [0.1, 0.15) is 6.04 Å². The smallest absolute Gasteiger partial charge is 0.328 e. The molecule has 10 heteroatoms. The molecule has 1 atom stereocenters. The van der Waals surface area contributed by atoms with Crippen LogP contribution in [0.5, 0.6) is 0 Å². The van der Waals surface area contributed by atoms with E-state index in [-0.39, 0.29) is 11.7 Å².